The Labute approximate surface area is 161 Å². The molecule has 0 radical (unpaired) electrons. The molecule has 0 aliphatic rings. The van der Waals surface area contributed by atoms with E-state index in [4.69, 9.17) is 9.47 Å². The molecule has 2 N–H and O–H groups in total. The molecule has 0 unspecified atom stereocenters. The fourth-order valence-corrected chi connectivity index (χ4v) is 2.57. The number of phenols is 1. The molecular formula is C19H21BrN2O4. The van der Waals surface area contributed by atoms with Crippen LogP contribution in [0.15, 0.2) is 39.9 Å². The summed E-state index contributed by atoms with van der Waals surface area (Å²) >= 11 is 3.34. The van der Waals surface area contributed by atoms with E-state index in [1.807, 2.05) is 39.0 Å². The van der Waals surface area contributed by atoms with Crippen LogP contribution in [-0.2, 0) is 4.79 Å². The van der Waals surface area contributed by atoms with Crippen molar-refractivity contribution in [3.05, 3.63) is 51.5 Å². The number of phenolic OH excluding ortho intramolecular Hbond substituents is 1. The maximum absolute atomic E-state index is 11.8. The van der Waals surface area contributed by atoms with E-state index in [9.17, 15) is 9.90 Å². The summed E-state index contributed by atoms with van der Waals surface area (Å²) in [5, 5.41) is 14.0. The molecule has 2 aromatic rings. The van der Waals surface area contributed by atoms with Gasteiger partial charge in [0.2, 0.25) is 0 Å². The Kier molecular flexibility index (Phi) is 7.03. The van der Waals surface area contributed by atoms with Crippen LogP contribution in [0.1, 0.15) is 23.6 Å². The van der Waals surface area contributed by atoms with Gasteiger partial charge in [0, 0.05) is 10.0 Å². The molecule has 26 heavy (non-hydrogen) atoms. The van der Waals surface area contributed by atoms with Crippen molar-refractivity contribution in [1.82, 2.24) is 5.43 Å². The maximum atomic E-state index is 11.8. The topological polar surface area (TPSA) is 80.2 Å². The van der Waals surface area contributed by atoms with E-state index in [0.717, 1.165) is 15.6 Å². The monoisotopic (exact) mass is 420 g/mol. The van der Waals surface area contributed by atoms with E-state index in [0.29, 0.717) is 23.7 Å². The van der Waals surface area contributed by atoms with Crippen molar-refractivity contribution in [3.63, 3.8) is 0 Å². The molecule has 0 aliphatic heterocycles. The predicted octanol–water partition coefficient (Wildman–Crippen LogP) is 3.70. The lowest BCUT2D eigenvalue weighted by atomic mass is 10.1. The first kappa shape index (κ1) is 19.8. The summed E-state index contributed by atoms with van der Waals surface area (Å²) in [7, 11) is 0. The van der Waals surface area contributed by atoms with Crippen LogP contribution >= 0.6 is 15.9 Å². The zero-order valence-electron chi connectivity index (χ0n) is 14.9. The summed E-state index contributed by atoms with van der Waals surface area (Å²) in [6.07, 6.45) is 1.34. The van der Waals surface area contributed by atoms with Crippen molar-refractivity contribution < 1.29 is 19.4 Å². The summed E-state index contributed by atoms with van der Waals surface area (Å²) < 4.78 is 11.5. The van der Waals surface area contributed by atoms with Crippen molar-refractivity contribution in [2.45, 2.75) is 20.8 Å². The Morgan fingerprint density at radius 3 is 2.69 bits per heavy atom. The Hall–Kier alpha value is -2.54. The van der Waals surface area contributed by atoms with Crippen molar-refractivity contribution in [1.29, 1.82) is 0 Å². The molecule has 0 saturated heterocycles. The minimum absolute atomic E-state index is 0.0422. The highest BCUT2D eigenvalue weighted by atomic mass is 79.9. The largest absolute Gasteiger partial charge is 0.504 e. The van der Waals surface area contributed by atoms with Gasteiger partial charge in [-0.15, -0.1) is 0 Å². The van der Waals surface area contributed by atoms with Crippen LogP contribution < -0.4 is 14.9 Å². The molecule has 1 amide bonds. The number of benzene rings is 2. The van der Waals surface area contributed by atoms with Gasteiger partial charge in [-0.05, 0) is 56.2 Å². The molecule has 0 spiro atoms. The Balaban J connectivity index is 1.93. The first-order chi connectivity index (χ1) is 12.4. The van der Waals surface area contributed by atoms with E-state index in [-0.39, 0.29) is 12.4 Å². The van der Waals surface area contributed by atoms with Crippen LogP contribution in [0.2, 0.25) is 0 Å². The Morgan fingerprint density at radius 2 is 2.00 bits per heavy atom. The quantitative estimate of drug-likeness (QED) is 0.528. The first-order valence-corrected chi connectivity index (χ1v) is 8.87. The van der Waals surface area contributed by atoms with E-state index in [1.165, 1.54) is 6.21 Å². The Bertz CT molecular complexity index is 821. The zero-order valence-corrected chi connectivity index (χ0v) is 16.5. The zero-order chi connectivity index (χ0) is 19.1. The number of aryl methyl sites for hydroxylation is 2. The van der Waals surface area contributed by atoms with Gasteiger partial charge in [-0.3, -0.25) is 4.79 Å². The lowest BCUT2D eigenvalue weighted by molar-refractivity contribution is -0.123. The third kappa shape index (κ3) is 5.49. The molecule has 138 valence electrons. The number of aromatic hydroxyl groups is 1. The van der Waals surface area contributed by atoms with Gasteiger partial charge in [0.15, 0.2) is 18.1 Å². The van der Waals surface area contributed by atoms with Crippen LogP contribution in [0.25, 0.3) is 0 Å². The number of nitrogens with one attached hydrogen (secondary N) is 1. The molecular weight excluding hydrogens is 400 g/mol. The number of rotatable bonds is 7. The normalized spacial score (nSPS) is 10.8. The molecule has 0 saturated carbocycles. The second kappa shape index (κ2) is 9.24. The summed E-state index contributed by atoms with van der Waals surface area (Å²) in [6.45, 7) is 6.08. The van der Waals surface area contributed by atoms with E-state index in [2.05, 4.69) is 26.5 Å². The lowest BCUT2D eigenvalue weighted by Gasteiger charge is -2.09. The number of ether oxygens (including phenoxy) is 2. The van der Waals surface area contributed by atoms with Crippen molar-refractivity contribution in [2.24, 2.45) is 5.10 Å². The molecule has 0 atom stereocenters. The third-order valence-electron chi connectivity index (χ3n) is 3.61. The number of hydrazone groups is 1. The number of nitrogens with zero attached hydrogens (tertiary/aromatic N) is 1. The van der Waals surface area contributed by atoms with Crippen LogP contribution in [0, 0.1) is 13.8 Å². The van der Waals surface area contributed by atoms with Gasteiger partial charge in [0.05, 0.1) is 12.8 Å². The average molecular weight is 421 g/mol. The number of halogens is 1. The van der Waals surface area contributed by atoms with Crippen LogP contribution in [-0.4, -0.2) is 30.4 Å². The minimum atomic E-state index is -0.404. The van der Waals surface area contributed by atoms with Gasteiger partial charge in [-0.2, -0.15) is 5.10 Å². The van der Waals surface area contributed by atoms with Gasteiger partial charge >= 0.3 is 0 Å². The van der Waals surface area contributed by atoms with Crippen molar-refractivity contribution in [2.75, 3.05) is 13.2 Å². The molecule has 6 nitrogen and oxygen atoms in total. The molecule has 7 heteroatoms. The maximum Gasteiger partial charge on any atom is 0.277 e. The first-order valence-electron chi connectivity index (χ1n) is 8.08. The molecule has 2 aromatic carbocycles. The second-order valence-corrected chi connectivity index (χ2v) is 6.52. The smallest absolute Gasteiger partial charge is 0.277 e. The number of hydrogen-bond donors (Lipinski definition) is 2. The van der Waals surface area contributed by atoms with Gasteiger partial charge in [-0.1, -0.05) is 22.0 Å². The number of carbonyl (C=O) groups is 1. The van der Waals surface area contributed by atoms with E-state index >= 15 is 0 Å². The molecule has 0 fully saturated rings. The molecule has 0 heterocycles. The SMILES string of the molecule is CCOc1cc(Br)cc(/C=N/NC(=O)COc2ccc(C)c(C)c2)c1O. The molecule has 0 bridgehead atoms. The summed E-state index contributed by atoms with van der Waals surface area (Å²) in [4.78, 5) is 11.8. The fourth-order valence-electron chi connectivity index (χ4n) is 2.12. The highest BCUT2D eigenvalue weighted by Gasteiger charge is 2.09. The van der Waals surface area contributed by atoms with Gasteiger partial charge in [0.25, 0.3) is 5.91 Å². The lowest BCUT2D eigenvalue weighted by Crippen LogP contribution is -2.24. The van der Waals surface area contributed by atoms with Gasteiger partial charge in [0.1, 0.15) is 5.75 Å². The minimum Gasteiger partial charge on any atom is -0.504 e. The highest BCUT2D eigenvalue weighted by Crippen LogP contribution is 2.32. The predicted molar refractivity (Wildman–Crippen MR) is 104 cm³/mol. The molecule has 2 rings (SSSR count). The number of hydrogen-bond acceptors (Lipinski definition) is 5. The highest BCUT2D eigenvalue weighted by molar-refractivity contribution is 9.10. The molecule has 0 aliphatic carbocycles. The van der Waals surface area contributed by atoms with E-state index < -0.39 is 5.91 Å². The average Bonchev–Trinajstić information content (AvgIpc) is 2.60. The molecule has 0 aromatic heterocycles. The van der Waals surface area contributed by atoms with Crippen LogP contribution in [0.4, 0.5) is 0 Å². The summed E-state index contributed by atoms with van der Waals surface area (Å²) in [5.41, 5.74) is 5.03. The number of carbonyl (C=O) groups excluding carboxylic acids is 1. The van der Waals surface area contributed by atoms with Crippen molar-refractivity contribution in [3.8, 4) is 17.2 Å². The fraction of sp³-hybridized carbons (Fsp3) is 0.263. The second-order valence-electron chi connectivity index (χ2n) is 5.60. The van der Waals surface area contributed by atoms with E-state index in [1.54, 1.807) is 12.1 Å². The standard InChI is InChI=1S/C19H21BrN2O4/c1-4-25-17-9-15(20)8-14(19(17)24)10-21-22-18(23)11-26-16-6-5-12(2)13(3)7-16/h5-10,24H,4,11H2,1-3H3,(H,22,23)/b21-10+. The third-order valence-corrected chi connectivity index (χ3v) is 4.07. The van der Waals surface area contributed by atoms with Crippen molar-refractivity contribution >= 4 is 28.1 Å². The van der Waals surface area contributed by atoms with Gasteiger partial charge < -0.3 is 14.6 Å². The van der Waals surface area contributed by atoms with Gasteiger partial charge in [-0.25, -0.2) is 5.43 Å². The van der Waals surface area contributed by atoms with Crippen LogP contribution in [0.5, 0.6) is 17.2 Å². The Morgan fingerprint density at radius 1 is 1.23 bits per heavy atom. The summed E-state index contributed by atoms with van der Waals surface area (Å²) in [5.74, 6) is 0.518. The van der Waals surface area contributed by atoms with Crippen LogP contribution in [0.3, 0.4) is 0 Å². The summed E-state index contributed by atoms with van der Waals surface area (Å²) in [6, 6.07) is 8.95. The number of amides is 1.